The van der Waals surface area contributed by atoms with Crippen LogP contribution in [0.2, 0.25) is 0 Å². The second kappa shape index (κ2) is 12.0. The SMILES string of the molecule is COC(=O)[C@H](NC(=O)CCC(=O)OCC(=O)[C@@]1(O)CC[C@H]2[C@H]3CCC4=CC(=O)CC[C@]4(C)[C@H]3CC[C@]21C)c1ccccc1. The molecule has 232 valence electrons. The number of rotatable bonds is 9. The summed E-state index contributed by atoms with van der Waals surface area (Å²) in [6, 6.07) is 7.63. The Balaban J connectivity index is 1.16. The Morgan fingerprint density at radius 3 is 2.42 bits per heavy atom. The van der Waals surface area contributed by atoms with Gasteiger partial charge < -0.3 is 19.9 Å². The fourth-order valence-electron chi connectivity index (χ4n) is 8.86. The maximum absolute atomic E-state index is 13.5. The van der Waals surface area contributed by atoms with E-state index >= 15 is 0 Å². The smallest absolute Gasteiger partial charge is 0.333 e. The molecule has 1 aromatic carbocycles. The topological polar surface area (TPSA) is 136 Å². The fourth-order valence-corrected chi connectivity index (χ4v) is 8.86. The summed E-state index contributed by atoms with van der Waals surface area (Å²) in [5.41, 5.74) is -0.361. The number of ketones is 2. The molecule has 3 fully saturated rings. The van der Waals surface area contributed by atoms with Crippen molar-refractivity contribution in [2.45, 2.75) is 89.7 Å². The Bertz CT molecular complexity index is 1320. The zero-order chi connectivity index (χ0) is 31.0. The highest BCUT2D eigenvalue weighted by atomic mass is 16.5. The third-order valence-electron chi connectivity index (χ3n) is 11.4. The highest BCUT2D eigenvalue weighted by Crippen LogP contribution is 2.67. The number of aliphatic hydroxyl groups is 1. The lowest BCUT2D eigenvalue weighted by Crippen LogP contribution is -2.58. The van der Waals surface area contributed by atoms with Crippen molar-refractivity contribution in [2.75, 3.05) is 13.7 Å². The number of carbonyl (C=O) groups excluding carboxylic acids is 5. The molecule has 2 N–H and O–H groups in total. The van der Waals surface area contributed by atoms with E-state index in [0.29, 0.717) is 36.7 Å². The molecular formula is C34H43NO8. The molecule has 0 heterocycles. The molecule has 3 saturated carbocycles. The van der Waals surface area contributed by atoms with Crippen LogP contribution >= 0.6 is 0 Å². The molecule has 4 aliphatic carbocycles. The zero-order valence-electron chi connectivity index (χ0n) is 25.4. The van der Waals surface area contributed by atoms with Gasteiger partial charge in [-0.15, -0.1) is 0 Å². The van der Waals surface area contributed by atoms with Gasteiger partial charge in [0.2, 0.25) is 11.7 Å². The summed E-state index contributed by atoms with van der Waals surface area (Å²) in [5.74, 6) is -1.17. The van der Waals surface area contributed by atoms with Crippen LogP contribution < -0.4 is 5.32 Å². The standard InChI is InChI=1S/C34H43NO8/c1-32-16-13-23(36)19-22(32)9-10-24-25(32)14-17-33(2)26(24)15-18-34(33,41)27(37)20-43-29(39)12-11-28(38)35-30(31(40)42-3)21-7-5-4-6-8-21/h4-8,19,24-26,30,41H,9-18,20H2,1-3H3,(H,35,38)/t24-,25-,26-,30+,32-,33+,34-/m0/s1. The molecule has 0 saturated heterocycles. The zero-order valence-corrected chi connectivity index (χ0v) is 25.4. The predicted molar refractivity (Wildman–Crippen MR) is 156 cm³/mol. The Kier molecular flexibility index (Phi) is 8.67. The average molecular weight is 594 g/mol. The highest BCUT2D eigenvalue weighted by molar-refractivity contribution is 5.92. The molecule has 9 nitrogen and oxygen atoms in total. The molecule has 0 aromatic heterocycles. The van der Waals surface area contributed by atoms with Gasteiger partial charge in [0.25, 0.3) is 0 Å². The van der Waals surface area contributed by atoms with Crippen LogP contribution in [0.25, 0.3) is 0 Å². The number of fused-ring (bicyclic) bond motifs is 5. The lowest BCUT2D eigenvalue weighted by atomic mass is 9.46. The van der Waals surface area contributed by atoms with Gasteiger partial charge in [0.1, 0.15) is 5.60 Å². The summed E-state index contributed by atoms with van der Waals surface area (Å²) in [6.07, 6.45) is 7.33. The summed E-state index contributed by atoms with van der Waals surface area (Å²) in [4.78, 5) is 62.8. The average Bonchev–Trinajstić information content (AvgIpc) is 3.29. The number of esters is 2. The Labute approximate surface area is 252 Å². The van der Waals surface area contributed by atoms with Crippen molar-refractivity contribution in [2.24, 2.45) is 28.6 Å². The number of hydrogen-bond donors (Lipinski definition) is 2. The van der Waals surface area contributed by atoms with Crippen molar-refractivity contribution in [3.63, 3.8) is 0 Å². The van der Waals surface area contributed by atoms with E-state index in [-0.39, 0.29) is 30.0 Å². The van der Waals surface area contributed by atoms with Gasteiger partial charge in [0.15, 0.2) is 18.4 Å². The van der Waals surface area contributed by atoms with Crippen LogP contribution in [0.5, 0.6) is 0 Å². The van der Waals surface area contributed by atoms with Crippen LogP contribution in [0.4, 0.5) is 0 Å². The van der Waals surface area contributed by atoms with Crippen LogP contribution in [0.1, 0.15) is 89.7 Å². The van der Waals surface area contributed by atoms with Crippen LogP contribution in [0.3, 0.4) is 0 Å². The largest absolute Gasteiger partial charge is 0.467 e. The third kappa shape index (κ3) is 5.56. The minimum absolute atomic E-state index is 0.00264. The summed E-state index contributed by atoms with van der Waals surface area (Å²) in [7, 11) is 1.23. The first-order chi connectivity index (χ1) is 20.4. The first kappa shape index (κ1) is 31.1. The molecule has 9 heteroatoms. The molecule has 4 aliphatic rings. The second-order valence-corrected chi connectivity index (χ2v) is 13.3. The number of benzene rings is 1. The van der Waals surface area contributed by atoms with Crippen molar-refractivity contribution >= 4 is 29.4 Å². The van der Waals surface area contributed by atoms with Crippen LogP contribution in [0.15, 0.2) is 42.0 Å². The summed E-state index contributed by atoms with van der Waals surface area (Å²) < 4.78 is 10.1. The quantitative estimate of drug-likeness (QED) is 0.407. The van der Waals surface area contributed by atoms with Crippen molar-refractivity contribution in [3.05, 3.63) is 47.5 Å². The van der Waals surface area contributed by atoms with Crippen LogP contribution in [0, 0.1) is 28.6 Å². The molecule has 0 radical (unpaired) electrons. The van der Waals surface area contributed by atoms with Gasteiger partial charge in [0.05, 0.1) is 13.5 Å². The van der Waals surface area contributed by atoms with E-state index in [1.54, 1.807) is 30.3 Å². The maximum atomic E-state index is 13.5. The molecule has 5 rings (SSSR count). The molecule has 0 aliphatic heterocycles. The maximum Gasteiger partial charge on any atom is 0.333 e. The van der Waals surface area contributed by atoms with Gasteiger partial charge >= 0.3 is 11.9 Å². The van der Waals surface area contributed by atoms with E-state index in [2.05, 4.69) is 12.2 Å². The molecule has 1 amide bonds. The number of nitrogens with one attached hydrogen (secondary N) is 1. The minimum Gasteiger partial charge on any atom is -0.467 e. The molecule has 0 spiro atoms. The molecule has 1 aromatic rings. The van der Waals surface area contributed by atoms with E-state index in [9.17, 15) is 29.1 Å². The number of Topliss-reactive ketones (excluding diaryl/α,β-unsaturated/α-hetero) is 1. The third-order valence-corrected chi connectivity index (χ3v) is 11.4. The monoisotopic (exact) mass is 593 g/mol. The van der Waals surface area contributed by atoms with Gasteiger partial charge in [-0.2, -0.15) is 0 Å². The first-order valence-electron chi connectivity index (χ1n) is 15.5. The van der Waals surface area contributed by atoms with Crippen molar-refractivity contribution in [1.82, 2.24) is 5.32 Å². The molecule has 7 atom stereocenters. The van der Waals surface area contributed by atoms with Crippen molar-refractivity contribution in [3.8, 4) is 0 Å². The minimum atomic E-state index is -1.58. The Hall–Kier alpha value is -3.33. The van der Waals surface area contributed by atoms with E-state index in [4.69, 9.17) is 9.47 Å². The lowest BCUT2D eigenvalue weighted by Gasteiger charge is -2.58. The van der Waals surface area contributed by atoms with E-state index in [1.807, 2.05) is 13.0 Å². The lowest BCUT2D eigenvalue weighted by molar-refractivity contribution is -0.170. The Morgan fingerprint density at radius 2 is 1.70 bits per heavy atom. The fraction of sp³-hybridized carbons (Fsp3) is 0.618. The first-order valence-corrected chi connectivity index (χ1v) is 15.5. The predicted octanol–water partition coefficient (Wildman–Crippen LogP) is 4.17. The van der Waals surface area contributed by atoms with Gasteiger partial charge in [-0.05, 0) is 79.8 Å². The van der Waals surface area contributed by atoms with Crippen molar-refractivity contribution < 1.29 is 38.6 Å². The number of methoxy groups -OCH3 is 1. The summed E-state index contributed by atoms with van der Waals surface area (Å²) in [5, 5.41) is 14.4. The van der Waals surface area contributed by atoms with E-state index < -0.39 is 47.3 Å². The van der Waals surface area contributed by atoms with Gasteiger partial charge in [-0.25, -0.2) is 4.79 Å². The number of carbonyl (C=O) groups is 5. The number of allylic oxidation sites excluding steroid dienone is 1. The van der Waals surface area contributed by atoms with E-state index in [1.165, 1.54) is 12.7 Å². The van der Waals surface area contributed by atoms with Gasteiger partial charge in [-0.3, -0.25) is 19.2 Å². The molecule has 43 heavy (non-hydrogen) atoms. The molecule has 0 unspecified atom stereocenters. The molecule has 0 bridgehead atoms. The number of ether oxygens (including phenoxy) is 2. The van der Waals surface area contributed by atoms with E-state index in [0.717, 1.165) is 32.1 Å². The summed E-state index contributed by atoms with van der Waals surface area (Å²) >= 11 is 0. The normalized spacial score (nSPS) is 33.6. The van der Waals surface area contributed by atoms with Crippen LogP contribution in [-0.4, -0.2) is 53.8 Å². The summed E-state index contributed by atoms with van der Waals surface area (Å²) in [6.45, 7) is 3.77. The highest BCUT2D eigenvalue weighted by Gasteiger charge is 2.66. The Morgan fingerprint density at radius 1 is 0.977 bits per heavy atom. The van der Waals surface area contributed by atoms with Crippen LogP contribution in [-0.2, 0) is 33.4 Å². The number of hydrogen-bond acceptors (Lipinski definition) is 8. The van der Waals surface area contributed by atoms with Gasteiger partial charge in [-0.1, -0.05) is 49.8 Å². The number of amides is 1. The second-order valence-electron chi connectivity index (χ2n) is 13.3. The van der Waals surface area contributed by atoms with Crippen molar-refractivity contribution in [1.29, 1.82) is 0 Å². The van der Waals surface area contributed by atoms with Gasteiger partial charge in [0, 0.05) is 18.3 Å². The molecular weight excluding hydrogens is 550 g/mol.